The van der Waals surface area contributed by atoms with Crippen LogP contribution in [-0.2, 0) is 14.8 Å². The molecule has 206 valence electrons. The zero-order chi connectivity index (χ0) is 28.5. The van der Waals surface area contributed by atoms with Gasteiger partial charge in [-0.1, -0.05) is 59.1 Å². The number of sulfonamides is 1. The van der Waals surface area contributed by atoms with Crippen molar-refractivity contribution in [3.63, 3.8) is 0 Å². The molecule has 8 nitrogen and oxygen atoms in total. The zero-order valence-corrected chi connectivity index (χ0v) is 24.1. The number of nitrogens with zero attached hydrogens (tertiary/aromatic N) is 2. The Labute approximate surface area is 242 Å². The number of halogens is 3. The molecule has 0 saturated carbocycles. The Kier molecular flexibility index (Phi) is 8.78. The van der Waals surface area contributed by atoms with Crippen LogP contribution in [0.3, 0.4) is 0 Å². The second-order valence-corrected chi connectivity index (χ2v) is 12.6. The summed E-state index contributed by atoms with van der Waals surface area (Å²) < 4.78 is 27.2. The maximum absolute atomic E-state index is 13.0. The van der Waals surface area contributed by atoms with Crippen LogP contribution < -0.4 is 9.62 Å². The molecule has 3 aromatic rings. The molecule has 1 heterocycles. The average molecular weight is 611 g/mol. The lowest BCUT2D eigenvalue weighted by molar-refractivity contribution is -0.138. The van der Waals surface area contributed by atoms with Crippen molar-refractivity contribution in [2.24, 2.45) is 0 Å². The quantitative estimate of drug-likeness (QED) is 0.350. The van der Waals surface area contributed by atoms with Crippen LogP contribution in [0.1, 0.15) is 34.5 Å². The number of anilines is 1. The number of benzene rings is 3. The van der Waals surface area contributed by atoms with Crippen molar-refractivity contribution in [2.45, 2.75) is 25.0 Å². The molecule has 4 rings (SSSR count). The number of carbonyl (C=O) groups excluding carboxylic acids is 1. The van der Waals surface area contributed by atoms with Crippen molar-refractivity contribution in [1.82, 2.24) is 10.2 Å². The standard InChI is InChI=1S/C27H26Cl3N3O5S/c1-16(27(35)36)31-26(34)19-11-22(30)13-23(12-19)33(39(2,37)38)24-14-32(15-24)25(17-3-7-20(28)8-4-17)18-5-9-21(29)10-6-18/h3-13,16,24-25H,14-15H2,1-2H3,(H,31,34)(H,35,36)/t16-/m0/s1. The maximum atomic E-state index is 13.0. The van der Waals surface area contributed by atoms with E-state index in [9.17, 15) is 18.0 Å². The van der Waals surface area contributed by atoms with Crippen LogP contribution in [0.25, 0.3) is 0 Å². The smallest absolute Gasteiger partial charge is 0.325 e. The van der Waals surface area contributed by atoms with Gasteiger partial charge in [0.2, 0.25) is 10.0 Å². The highest BCUT2D eigenvalue weighted by molar-refractivity contribution is 7.92. The Morgan fingerprint density at radius 1 is 0.923 bits per heavy atom. The highest BCUT2D eigenvalue weighted by Gasteiger charge is 2.41. The van der Waals surface area contributed by atoms with Gasteiger partial charge in [0.25, 0.3) is 5.91 Å². The molecule has 1 aliphatic heterocycles. The molecule has 1 atom stereocenters. The summed E-state index contributed by atoms with van der Waals surface area (Å²) in [5, 5.41) is 12.8. The largest absolute Gasteiger partial charge is 0.480 e. The minimum absolute atomic E-state index is 0.0515. The van der Waals surface area contributed by atoms with E-state index in [2.05, 4.69) is 10.2 Å². The molecule has 1 saturated heterocycles. The summed E-state index contributed by atoms with van der Waals surface area (Å²) in [6.45, 7) is 2.12. The van der Waals surface area contributed by atoms with Crippen LogP contribution in [0.15, 0.2) is 66.7 Å². The minimum atomic E-state index is -3.78. The molecule has 1 aliphatic rings. The third-order valence-corrected chi connectivity index (χ3v) is 8.38. The molecule has 0 unspecified atom stereocenters. The lowest BCUT2D eigenvalue weighted by atomic mass is 9.93. The number of hydrogen-bond acceptors (Lipinski definition) is 5. The molecule has 0 spiro atoms. The number of rotatable bonds is 9. The average Bonchev–Trinajstić information content (AvgIpc) is 2.83. The van der Waals surface area contributed by atoms with Crippen molar-refractivity contribution in [3.8, 4) is 0 Å². The van der Waals surface area contributed by atoms with E-state index in [0.717, 1.165) is 17.4 Å². The second kappa shape index (κ2) is 11.7. The fraction of sp³-hybridized carbons (Fsp3) is 0.259. The van der Waals surface area contributed by atoms with E-state index < -0.39 is 34.0 Å². The third kappa shape index (κ3) is 6.85. The number of hydrogen-bond donors (Lipinski definition) is 2. The predicted octanol–water partition coefficient (Wildman–Crippen LogP) is 5.09. The molecule has 0 radical (unpaired) electrons. The number of nitrogens with one attached hydrogen (secondary N) is 1. The van der Waals surface area contributed by atoms with Gasteiger partial charge in [0.15, 0.2) is 0 Å². The van der Waals surface area contributed by atoms with Crippen molar-refractivity contribution in [2.75, 3.05) is 23.7 Å². The summed E-state index contributed by atoms with van der Waals surface area (Å²) in [4.78, 5) is 26.0. The van der Waals surface area contributed by atoms with Gasteiger partial charge in [-0.2, -0.15) is 0 Å². The molecule has 0 aromatic heterocycles. The maximum Gasteiger partial charge on any atom is 0.325 e. The first-order valence-corrected chi connectivity index (χ1v) is 14.9. The van der Waals surface area contributed by atoms with Gasteiger partial charge in [-0.25, -0.2) is 8.42 Å². The number of carbonyl (C=O) groups is 2. The van der Waals surface area contributed by atoms with Crippen LogP contribution in [0, 0.1) is 0 Å². The number of amides is 1. The van der Waals surface area contributed by atoms with Gasteiger partial charge in [-0.3, -0.25) is 18.8 Å². The highest BCUT2D eigenvalue weighted by atomic mass is 35.5. The normalized spacial score (nSPS) is 15.0. The Balaban J connectivity index is 1.63. The lowest BCUT2D eigenvalue weighted by Gasteiger charge is -2.48. The summed E-state index contributed by atoms with van der Waals surface area (Å²) in [5.41, 5.74) is 2.24. The molecule has 1 amide bonds. The summed E-state index contributed by atoms with van der Waals surface area (Å²) >= 11 is 18.5. The fourth-order valence-corrected chi connectivity index (χ4v) is 6.24. The molecule has 39 heavy (non-hydrogen) atoms. The molecular weight excluding hydrogens is 585 g/mol. The van der Waals surface area contributed by atoms with Gasteiger partial charge in [0.05, 0.1) is 24.0 Å². The molecule has 1 fully saturated rings. The topological polar surface area (TPSA) is 107 Å². The lowest BCUT2D eigenvalue weighted by Crippen LogP contribution is -2.61. The number of carboxylic acids is 1. The number of likely N-dealkylation sites (tertiary alicyclic amines) is 1. The Morgan fingerprint density at radius 3 is 1.90 bits per heavy atom. The molecule has 3 aromatic carbocycles. The van der Waals surface area contributed by atoms with Gasteiger partial charge in [0, 0.05) is 33.7 Å². The van der Waals surface area contributed by atoms with Crippen LogP contribution in [-0.4, -0.2) is 61.7 Å². The van der Waals surface area contributed by atoms with E-state index in [1.54, 1.807) is 0 Å². The van der Waals surface area contributed by atoms with E-state index in [1.807, 2.05) is 48.5 Å². The van der Waals surface area contributed by atoms with E-state index in [4.69, 9.17) is 39.9 Å². The summed E-state index contributed by atoms with van der Waals surface area (Å²) in [7, 11) is -3.78. The first-order chi connectivity index (χ1) is 18.3. The number of carboxylic acid groups (broad SMARTS) is 1. The van der Waals surface area contributed by atoms with Crippen molar-refractivity contribution in [3.05, 3.63) is 98.5 Å². The minimum Gasteiger partial charge on any atom is -0.480 e. The van der Waals surface area contributed by atoms with Gasteiger partial charge < -0.3 is 10.4 Å². The Bertz CT molecular complexity index is 1430. The van der Waals surface area contributed by atoms with E-state index in [-0.39, 0.29) is 22.3 Å². The van der Waals surface area contributed by atoms with E-state index >= 15 is 0 Å². The third-order valence-electron chi connectivity index (χ3n) is 6.43. The second-order valence-electron chi connectivity index (χ2n) is 9.40. The molecule has 0 aliphatic carbocycles. The monoisotopic (exact) mass is 609 g/mol. The van der Waals surface area contributed by atoms with Crippen molar-refractivity contribution < 1.29 is 23.1 Å². The van der Waals surface area contributed by atoms with Gasteiger partial charge in [-0.05, 0) is 60.5 Å². The van der Waals surface area contributed by atoms with Crippen molar-refractivity contribution >= 4 is 62.4 Å². The Hall–Kier alpha value is -2.82. The Morgan fingerprint density at radius 2 is 1.44 bits per heavy atom. The first kappa shape index (κ1) is 29.2. The van der Waals surface area contributed by atoms with E-state index in [1.165, 1.54) is 29.4 Å². The van der Waals surface area contributed by atoms with Crippen molar-refractivity contribution in [1.29, 1.82) is 0 Å². The van der Waals surface area contributed by atoms with Crippen LogP contribution in [0.4, 0.5) is 5.69 Å². The molecule has 12 heteroatoms. The predicted molar refractivity (Wildman–Crippen MR) is 153 cm³/mol. The van der Waals surface area contributed by atoms with Gasteiger partial charge in [0.1, 0.15) is 6.04 Å². The summed E-state index contributed by atoms with van der Waals surface area (Å²) in [6.07, 6.45) is 1.10. The summed E-state index contributed by atoms with van der Waals surface area (Å²) in [6, 6.07) is 17.5. The van der Waals surface area contributed by atoms with E-state index in [0.29, 0.717) is 23.1 Å². The molecule has 2 N–H and O–H groups in total. The molecule has 0 bridgehead atoms. The van der Waals surface area contributed by atoms with Crippen LogP contribution in [0.2, 0.25) is 15.1 Å². The SMILES string of the molecule is C[C@H](NC(=O)c1cc(Cl)cc(N(C2CN(C(c3ccc(Cl)cc3)c3ccc(Cl)cc3)C2)S(C)(=O)=O)c1)C(=O)O. The first-order valence-electron chi connectivity index (χ1n) is 11.9. The summed E-state index contributed by atoms with van der Waals surface area (Å²) in [5.74, 6) is -1.88. The fourth-order valence-electron chi connectivity index (χ4n) is 4.60. The number of aliphatic carboxylic acids is 1. The highest BCUT2D eigenvalue weighted by Crippen LogP contribution is 2.37. The zero-order valence-electron chi connectivity index (χ0n) is 21.0. The van der Waals surface area contributed by atoms with Crippen LogP contribution >= 0.6 is 34.8 Å². The van der Waals surface area contributed by atoms with Gasteiger partial charge in [-0.15, -0.1) is 0 Å². The van der Waals surface area contributed by atoms with Gasteiger partial charge >= 0.3 is 5.97 Å². The molecular formula is C27H26Cl3N3O5S. The van der Waals surface area contributed by atoms with Crippen LogP contribution in [0.5, 0.6) is 0 Å².